The monoisotopic (exact) mass is 312 g/mol. The van der Waals surface area contributed by atoms with Crippen LogP contribution in [0.5, 0.6) is 0 Å². The maximum atomic E-state index is 12.5. The smallest absolute Gasteiger partial charge is 0.329 e. The first-order valence-electron chi connectivity index (χ1n) is 7.91. The van der Waals surface area contributed by atoms with E-state index in [9.17, 15) is 14.7 Å². The van der Waals surface area contributed by atoms with Gasteiger partial charge in [-0.2, -0.15) is 0 Å². The van der Waals surface area contributed by atoms with Gasteiger partial charge in [-0.05, 0) is 30.5 Å². The zero-order chi connectivity index (χ0) is 16.3. The van der Waals surface area contributed by atoms with Gasteiger partial charge in [0.15, 0.2) is 0 Å². The number of carbonyl (C=O) groups excluding carboxylic acids is 1. The number of H-pyrrole nitrogens is 1. The van der Waals surface area contributed by atoms with E-state index in [1.54, 1.807) is 6.07 Å². The number of rotatable bonds is 4. The van der Waals surface area contributed by atoms with Crippen LogP contribution < -0.4 is 5.32 Å². The lowest BCUT2D eigenvalue weighted by Gasteiger charge is -2.33. The van der Waals surface area contributed by atoms with Crippen molar-refractivity contribution in [1.82, 2.24) is 10.3 Å². The third kappa shape index (κ3) is 3.13. The Kier molecular flexibility index (Phi) is 4.19. The van der Waals surface area contributed by atoms with E-state index in [4.69, 9.17) is 0 Å². The highest BCUT2D eigenvalue weighted by atomic mass is 16.4. The predicted molar refractivity (Wildman–Crippen MR) is 87.1 cm³/mol. The Hall–Kier alpha value is -2.56. The van der Waals surface area contributed by atoms with E-state index in [0.29, 0.717) is 18.5 Å². The summed E-state index contributed by atoms with van der Waals surface area (Å²) < 4.78 is 0. The van der Waals surface area contributed by atoms with Crippen molar-refractivity contribution in [2.45, 2.75) is 37.6 Å². The van der Waals surface area contributed by atoms with Gasteiger partial charge in [0.2, 0.25) is 0 Å². The summed E-state index contributed by atoms with van der Waals surface area (Å²) in [5, 5.41) is 12.3. The summed E-state index contributed by atoms with van der Waals surface area (Å²) in [4.78, 5) is 27.2. The molecule has 23 heavy (non-hydrogen) atoms. The van der Waals surface area contributed by atoms with Crippen molar-refractivity contribution >= 4 is 11.9 Å². The lowest BCUT2D eigenvalue weighted by molar-refractivity contribution is -0.145. The maximum absolute atomic E-state index is 12.5. The Morgan fingerprint density at radius 2 is 1.70 bits per heavy atom. The Bertz CT molecular complexity index is 700. The average Bonchev–Trinajstić information content (AvgIpc) is 3.06. The fourth-order valence-corrected chi connectivity index (χ4v) is 3.15. The number of carboxylic acids is 1. The highest BCUT2D eigenvalue weighted by Gasteiger charge is 2.41. The van der Waals surface area contributed by atoms with Gasteiger partial charge in [-0.3, -0.25) is 4.79 Å². The van der Waals surface area contributed by atoms with Gasteiger partial charge < -0.3 is 15.4 Å². The predicted octanol–water partition coefficient (Wildman–Crippen LogP) is 3.20. The van der Waals surface area contributed by atoms with Crippen molar-refractivity contribution < 1.29 is 14.7 Å². The number of aliphatic carboxylic acids is 1. The molecule has 1 saturated carbocycles. The van der Waals surface area contributed by atoms with E-state index in [0.717, 1.165) is 30.5 Å². The highest BCUT2D eigenvalue weighted by Crippen LogP contribution is 2.29. The summed E-state index contributed by atoms with van der Waals surface area (Å²) in [7, 11) is 0. The van der Waals surface area contributed by atoms with E-state index in [-0.39, 0.29) is 5.91 Å². The van der Waals surface area contributed by atoms with Gasteiger partial charge in [0.1, 0.15) is 11.2 Å². The van der Waals surface area contributed by atoms with Crippen molar-refractivity contribution in [2.24, 2.45) is 0 Å². The van der Waals surface area contributed by atoms with Crippen LogP contribution in [0, 0.1) is 0 Å². The van der Waals surface area contributed by atoms with Gasteiger partial charge >= 0.3 is 5.97 Å². The molecule has 0 spiro atoms. The number of carboxylic acid groups (broad SMARTS) is 1. The van der Waals surface area contributed by atoms with Crippen molar-refractivity contribution in [3.8, 4) is 11.3 Å². The van der Waals surface area contributed by atoms with Crippen LogP contribution in [0.3, 0.4) is 0 Å². The minimum Gasteiger partial charge on any atom is -0.480 e. The molecule has 1 aliphatic carbocycles. The molecule has 1 heterocycles. The molecule has 1 amide bonds. The van der Waals surface area contributed by atoms with Crippen molar-refractivity contribution in [3.63, 3.8) is 0 Å². The fraction of sp³-hybridized carbons (Fsp3) is 0.333. The summed E-state index contributed by atoms with van der Waals surface area (Å²) in [5.74, 6) is -1.31. The van der Waals surface area contributed by atoms with Crippen LogP contribution in [-0.4, -0.2) is 27.5 Å². The molecule has 5 nitrogen and oxygen atoms in total. The topological polar surface area (TPSA) is 82.2 Å². The summed E-state index contributed by atoms with van der Waals surface area (Å²) in [6.07, 6.45) is 3.64. The normalized spacial score (nSPS) is 16.7. The highest BCUT2D eigenvalue weighted by molar-refractivity contribution is 5.97. The molecule has 0 radical (unpaired) electrons. The molecule has 5 heteroatoms. The molecule has 0 aliphatic heterocycles. The molecule has 1 fully saturated rings. The summed E-state index contributed by atoms with van der Waals surface area (Å²) >= 11 is 0. The molecule has 0 unspecified atom stereocenters. The van der Waals surface area contributed by atoms with Gasteiger partial charge in [0.25, 0.3) is 5.91 Å². The standard InChI is InChI=1S/C18H20N2O3/c21-16(20-18(17(22)23)11-5-2-6-12-18)15-10-9-14(19-15)13-7-3-1-4-8-13/h1,3-4,7-10,19H,2,5-6,11-12H2,(H,20,21)(H,22,23). The van der Waals surface area contributed by atoms with Crippen LogP contribution in [0.25, 0.3) is 11.3 Å². The molecule has 120 valence electrons. The Balaban J connectivity index is 1.78. The maximum Gasteiger partial charge on any atom is 0.329 e. The molecular weight excluding hydrogens is 292 g/mol. The Labute approximate surface area is 134 Å². The second kappa shape index (κ2) is 6.28. The zero-order valence-electron chi connectivity index (χ0n) is 12.8. The molecule has 0 bridgehead atoms. The van der Waals surface area contributed by atoms with E-state index in [2.05, 4.69) is 10.3 Å². The SMILES string of the molecule is O=C(NC1(C(=O)O)CCCCC1)c1ccc(-c2ccccc2)[nH]1. The fourth-order valence-electron chi connectivity index (χ4n) is 3.15. The first-order valence-corrected chi connectivity index (χ1v) is 7.91. The van der Waals surface area contributed by atoms with E-state index in [1.807, 2.05) is 36.4 Å². The van der Waals surface area contributed by atoms with Crippen LogP contribution in [0.15, 0.2) is 42.5 Å². The minimum atomic E-state index is -1.13. The number of hydrogen-bond acceptors (Lipinski definition) is 2. The number of carbonyl (C=O) groups is 2. The molecule has 3 N–H and O–H groups in total. The molecular formula is C18H20N2O3. The lowest BCUT2D eigenvalue weighted by atomic mass is 9.81. The van der Waals surface area contributed by atoms with Crippen LogP contribution in [0.2, 0.25) is 0 Å². The third-order valence-corrected chi connectivity index (χ3v) is 4.48. The van der Waals surface area contributed by atoms with E-state index >= 15 is 0 Å². The van der Waals surface area contributed by atoms with Crippen LogP contribution in [0.1, 0.15) is 42.6 Å². The lowest BCUT2D eigenvalue weighted by Crippen LogP contribution is -2.55. The number of aromatic amines is 1. The van der Waals surface area contributed by atoms with E-state index < -0.39 is 11.5 Å². The number of amides is 1. The Morgan fingerprint density at radius 3 is 2.35 bits per heavy atom. The average molecular weight is 312 g/mol. The zero-order valence-corrected chi connectivity index (χ0v) is 12.8. The van der Waals surface area contributed by atoms with Crippen LogP contribution in [0.4, 0.5) is 0 Å². The number of benzene rings is 1. The molecule has 1 aromatic heterocycles. The molecule has 1 aromatic carbocycles. The van der Waals surface area contributed by atoms with Gasteiger partial charge in [0, 0.05) is 5.69 Å². The summed E-state index contributed by atoms with van der Waals surface area (Å²) in [6, 6.07) is 13.2. The molecule has 1 aliphatic rings. The Morgan fingerprint density at radius 1 is 1.00 bits per heavy atom. The summed E-state index contributed by atoms with van der Waals surface area (Å²) in [6.45, 7) is 0. The first-order chi connectivity index (χ1) is 11.1. The van der Waals surface area contributed by atoms with Crippen molar-refractivity contribution in [1.29, 1.82) is 0 Å². The van der Waals surface area contributed by atoms with Crippen LogP contribution >= 0.6 is 0 Å². The molecule has 2 aromatic rings. The summed E-state index contributed by atoms with van der Waals surface area (Å²) in [5.41, 5.74) is 1.07. The van der Waals surface area contributed by atoms with Crippen molar-refractivity contribution in [3.05, 3.63) is 48.2 Å². The van der Waals surface area contributed by atoms with Gasteiger partial charge in [0.05, 0.1) is 0 Å². The first kappa shape index (κ1) is 15.3. The number of nitrogens with one attached hydrogen (secondary N) is 2. The molecule has 0 atom stereocenters. The number of aromatic nitrogens is 1. The third-order valence-electron chi connectivity index (χ3n) is 4.48. The van der Waals surface area contributed by atoms with Crippen molar-refractivity contribution in [2.75, 3.05) is 0 Å². The van der Waals surface area contributed by atoms with Gasteiger partial charge in [-0.25, -0.2) is 4.79 Å². The molecule has 0 saturated heterocycles. The second-order valence-corrected chi connectivity index (χ2v) is 6.05. The van der Waals surface area contributed by atoms with Gasteiger partial charge in [-0.15, -0.1) is 0 Å². The quantitative estimate of drug-likeness (QED) is 0.811. The minimum absolute atomic E-state index is 0.364. The van der Waals surface area contributed by atoms with Gasteiger partial charge in [-0.1, -0.05) is 49.6 Å². The van der Waals surface area contributed by atoms with Crippen LogP contribution in [-0.2, 0) is 4.79 Å². The second-order valence-electron chi connectivity index (χ2n) is 6.05. The number of hydrogen-bond donors (Lipinski definition) is 3. The largest absolute Gasteiger partial charge is 0.480 e. The van der Waals surface area contributed by atoms with E-state index in [1.165, 1.54) is 0 Å². The molecule has 3 rings (SSSR count).